The van der Waals surface area contributed by atoms with E-state index in [0.717, 1.165) is 50.0 Å². The van der Waals surface area contributed by atoms with Gasteiger partial charge >= 0.3 is 0 Å². The average Bonchev–Trinajstić information content (AvgIpc) is 2.84. The number of piperazine rings is 1. The van der Waals surface area contributed by atoms with Crippen molar-refractivity contribution in [2.75, 3.05) is 36.8 Å². The molecular weight excluding hydrogens is 292 g/mol. The molecule has 0 saturated carbocycles. The van der Waals surface area contributed by atoms with Crippen molar-refractivity contribution in [2.45, 2.75) is 13.5 Å². The van der Waals surface area contributed by atoms with Gasteiger partial charge in [0.1, 0.15) is 16.7 Å². The van der Waals surface area contributed by atoms with Crippen LogP contribution in [-0.2, 0) is 6.54 Å². The maximum Gasteiger partial charge on any atom is 0.223 e. The predicted octanol–water partition coefficient (Wildman–Crippen LogP) is 1.33. The number of hydrogen-bond acceptors (Lipinski definition) is 7. The Morgan fingerprint density at radius 1 is 1.24 bits per heavy atom. The minimum absolute atomic E-state index is 0.206. The fraction of sp³-hybridized carbons (Fsp3) is 0.462. The molecule has 1 aliphatic rings. The number of hydrogen-bond donors (Lipinski definition) is 1. The maximum absolute atomic E-state index is 5.92. The molecule has 2 aromatic heterocycles. The summed E-state index contributed by atoms with van der Waals surface area (Å²) in [6.45, 7) is 6.28. The molecular formula is C13H17ClN6O. The Balaban J connectivity index is 1.59. The minimum Gasteiger partial charge on any atom is -0.368 e. The Hall–Kier alpha value is -1.86. The fourth-order valence-electron chi connectivity index (χ4n) is 2.44. The highest BCUT2D eigenvalue weighted by Crippen LogP contribution is 2.19. The highest BCUT2D eigenvalue weighted by Gasteiger charge is 2.19. The number of aromatic nitrogens is 3. The Kier molecular flexibility index (Phi) is 3.94. The molecule has 2 N–H and O–H groups in total. The highest BCUT2D eigenvalue weighted by atomic mass is 35.5. The number of nitrogens with two attached hydrogens (primary N) is 1. The lowest BCUT2D eigenvalue weighted by atomic mass is 10.3. The first-order chi connectivity index (χ1) is 10.1. The first-order valence-corrected chi connectivity index (χ1v) is 7.17. The molecule has 2 aromatic rings. The van der Waals surface area contributed by atoms with Crippen LogP contribution in [0.1, 0.15) is 11.5 Å². The van der Waals surface area contributed by atoms with Crippen LogP contribution in [0.25, 0.3) is 0 Å². The SMILES string of the molecule is Cc1cc(CN2CCN(c3cc(Cl)nc(N)n3)CC2)no1. The van der Waals surface area contributed by atoms with Crippen molar-refractivity contribution in [2.24, 2.45) is 0 Å². The molecule has 0 aliphatic carbocycles. The summed E-state index contributed by atoms with van der Waals surface area (Å²) in [5, 5.41) is 4.40. The van der Waals surface area contributed by atoms with Crippen LogP contribution in [0.3, 0.4) is 0 Å². The van der Waals surface area contributed by atoms with Gasteiger partial charge in [0, 0.05) is 44.9 Å². The largest absolute Gasteiger partial charge is 0.368 e. The van der Waals surface area contributed by atoms with Crippen molar-refractivity contribution in [1.29, 1.82) is 0 Å². The summed E-state index contributed by atoms with van der Waals surface area (Å²) >= 11 is 5.92. The van der Waals surface area contributed by atoms with Crippen molar-refractivity contribution in [1.82, 2.24) is 20.0 Å². The molecule has 112 valence electrons. The molecule has 3 rings (SSSR count). The van der Waals surface area contributed by atoms with Gasteiger partial charge in [0.25, 0.3) is 0 Å². The van der Waals surface area contributed by atoms with Crippen molar-refractivity contribution in [3.05, 3.63) is 28.7 Å². The molecule has 0 amide bonds. The second-order valence-corrected chi connectivity index (χ2v) is 5.49. The zero-order valence-corrected chi connectivity index (χ0v) is 12.5. The lowest BCUT2D eigenvalue weighted by molar-refractivity contribution is 0.241. The van der Waals surface area contributed by atoms with Crippen molar-refractivity contribution in [3.63, 3.8) is 0 Å². The highest BCUT2D eigenvalue weighted by molar-refractivity contribution is 6.29. The molecule has 0 atom stereocenters. The first kappa shape index (κ1) is 14.1. The molecule has 1 saturated heterocycles. The van der Waals surface area contributed by atoms with E-state index >= 15 is 0 Å². The Morgan fingerprint density at radius 3 is 2.62 bits per heavy atom. The Bertz CT molecular complexity index is 603. The molecule has 1 fully saturated rings. The van der Waals surface area contributed by atoms with Crippen LogP contribution in [0.5, 0.6) is 0 Å². The predicted molar refractivity (Wildman–Crippen MR) is 80.2 cm³/mol. The van der Waals surface area contributed by atoms with E-state index < -0.39 is 0 Å². The van der Waals surface area contributed by atoms with Crippen LogP contribution in [-0.4, -0.2) is 46.2 Å². The number of rotatable bonds is 3. The second kappa shape index (κ2) is 5.87. The van der Waals surface area contributed by atoms with Crippen molar-refractivity contribution < 1.29 is 4.52 Å². The van der Waals surface area contributed by atoms with Crippen LogP contribution >= 0.6 is 11.6 Å². The molecule has 1 aliphatic heterocycles. The minimum atomic E-state index is 0.206. The van der Waals surface area contributed by atoms with E-state index in [9.17, 15) is 0 Å². The zero-order valence-electron chi connectivity index (χ0n) is 11.8. The molecule has 3 heterocycles. The Morgan fingerprint density at radius 2 is 2.00 bits per heavy atom. The van der Waals surface area contributed by atoms with Gasteiger partial charge in [0.15, 0.2) is 0 Å². The number of anilines is 2. The lowest BCUT2D eigenvalue weighted by Crippen LogP contribution is -2.46. The number of nitrogens with zero attached hydrogens (tertiary/aromatic N) is 5. The number of aryl methyl sites for hydroxylation is 1. The van der Waals surface area contributed by atoms with Crippen molar-refractivity contribution >= 4 is 23.4 Å². The van der Waals surface area contributed by atoms with E-state index in [2.05, 4.69) is 24.9 Å². The maximum atomic E-state index is 5.92. The summed E-state index contributed by atoms with van der Waals surface area (Å²) in [6.07, 6.45) is 0. The normalized spacial score (nSPS) is 16.4. The third-order valence-electron chi connectivity index (χ3n) is 3.46. The smallest absolute Gasteiger partial charge is 0.223 e. The molecule has 21 heavy (non-hydrogen) atoms. The molecule has 0 aromatic carbocycles. The molecule has 0 unspecified atom stereocenters. The van der Waals surface area contributed by atoms with Gasteiger partial charge in [-0.2, -0.15) is 4.98 Å². The fourth-order valence-corrected chi connectivity index (χ4v) is 2.63. The van der Waals surface area contributed by atoms with E-state index in [-0.39, 0.29) is 5.95 Å². The van der Waals surface area contributed by atoms with Gasteiger partial charge in [-0.15, -0.1) is 0 Å². The summed E-state index contributed by atoms with van der Waals surface area (Å²) < 4.78 is 5.09. The summed E-state index contributed by atoms with van der Waals surface area (Å²) in [6, 6.07) is 3.71. The lowest BCUT2D eigenvalue weighted by Gasteiger charge is -2.34. The topological polar surface area (TPSA) is 84.3 Å². The number of halogens is 1. The van der Waals surface area contributed by atoms with Crippen LogP contribution < -0.4 is 10.6 Å². The van der Waals surface area contributed by atoms with E-state index in [0.29, 0.717) is 5.15 Å². The van der Waals surface area contributed by atoms with Crippen LogP contribution in [0.4, 0.5) is 11.8 Å². The average molecular weight is 309 g/mol. The van der Waals surface area contributed by atoms with Gasteiger partial charge in [-0.05, 0) is 6.92 Å². The molecule has 7 nitrogen and oxygen atoms in total. The van der Waals surface area contributed by atoms with Gasteiger partial charge in [0.2, 0.25) is 5.95 Å². The van der Waals surface area contributed by atoms with Gasteiger partial charge in [-0.3, -0.25) is 4.90 Å². The summed E-state index contributed by atoms with van der Waals surface area (Å²) in [5.41, 5.74) is 6.60. The van der Waals surface area contributed by atoms with Gasteiger partial charge < -0.3 is 15.2 Å². The quantitative estimate of drug-likeness (QED) is 0.856. The first-order valence-electron chi connectivity index (χ1n) is 6.80. The molecule has 8 heteroatoms. The van der Waals surface area contributed by atoms with E-state index in [1.165, 1.54) is 0 Å². The van der Waals surface area contributed by atoms with Crippen molar-refractivity contribution in [3.8, 4) is 0 Å². The zero-order chi connectivity index (χ0) is 14.8. The van der Waals surface area contributed by atoms with Gasteiger partial charge in [-0.25, -0.2) is 4.98 Å². The van der Waals surface area contributed by atoms with E-state index in [1.807, 2.05) is 13.0 Å². The third kappa shape index (κ3) is 3.43. The number of nitrogen functional groups attached to an aromatic ring is 1. The van der Waals surface area contributed by atoms with E-state index in [1.54, 1.807) is 6.07 Å². The van der Waals surface area contributed by atoms with Gasteiger partial charge in [-0.1, -0.05) is 16.8 Å². The second-order valence-electron chi connectivity index (χ2n) is 5.10. The van der Waals surface area contributed by atoms with Crippen LogP contribution in [0, 0.1) is 6.92 Å². The molecule has 0 bridgehead atoms. The Labute approximate surface area is 127 Å². The van der Waals surface area contributed by atoms with Crippen LogP contribution in [0.15, 0.2) is 16.7 Å². The standard InChI is InChI=1S/C13H17ClN6O/c1-9-6-10(18-21-9)8-19-2-4-20(5-3-19)12-7-11(14)16-13(15)17-12/h6-7H,2-5,8H2,1H3,(H2,15,16,17). The summed E-state index contributed by atoms with van der Waals surface area (Å²) in [4.78, 5) is 12.6. The monoisotopic (exact) mass is 308 g/mol. The van der Waals surface area contributed by atoms with E-state index in [4.69, 9.17) is 21.9 Å². The van der Waals surface area contributed by atoms with Crippen LogP contribution in [0.2, 0.25) is 5.15 Å². The third-order valence-corrected chi connectivity index (χ3v) is 3.65. The summed E-state index contributed by atoms with van der Waals surface area (Å²) in [5.74, 6) is 1.83. The van der Waals surface area contributed by atoms with Gasteiger partial charge in [0.05, 0.1) is 5.69 Å². The molecule has 0 spiro atoms. The summed E-state index contributed by atoms with van der Waals surface area (Å²) in [7, 11) is 0. The molecule has 0 radical (unpaired) electrons.